The lowest BCUT2D eigenvalue weighted by Crippen LogP contribution is -2.22. The summed E-state index contributed by atoms with van der Waals surface area (Å²) in [6.45, 7) is 1.83. The molecule has 1 aromatic carbocycles. The molecule has 0 radical (unpaired) electrons. The Morgan fingerprint density at radius 3 is 2.71 bits per heavy atom. The fourth-order valence-electron chi connectivity index (χ4n) is 1.98. The van der Waals surface area contributed by atoms with Gasteiger partial charge in [0.15, 0.2) is 0 Å². The summed E-state index contributed by atoms with van der Waals surface area (Å²) in [6.07, 6.45) is 1.73. The summed E-state index contributed by atoms with van der Waals surface area (Å²) in [5.74, 6) is 0. The predicted octanol–water partition coefficient (Wildman–Crippen LogP) is 1.97. The maximum Gasteiger partial charge on any atom is 0.0991 e. The molecular formula is C12H13NO. The summed E-state index contributed by atoms with van der Waals surface area (Å²) >= 11 is 0. The normalized spacial score (nSPS) is 19.8. The van der Waals surface area contributed by atoms with Gasteiger partial charge in [0.1, 0.15) is 0 Å². The van der Waals surface area contributed by atoms with Gasteiger partial charge in [-0.25, -0.2) is 0 Å². The summed E-state index contributed by atoms with van der Waals surface area (Å²) in [7, 11) is 0. The first-order valence-electron chi connectivity index (χ1n) is 4.88. The van der Waals surface area contributed by atoms with Crippen LogP contribution in [0.5, 0.6) is 0 Å². The van der Waals surface area contributed by atoms with Crippen LogP contribution in [-0.4, -0.2) is 11.2 Å². The molecule has 0 aliphatic heterocycles. The van der Waals surface area contributed by atoms with Crippen molar-refractivity contribution >= 4 is 0 Å². The van der Waals surface area contributed by atoms with Crippen LogP contribution in [-0.2, 0) is 5.41 Å². The number of aliphatic hydroxyl groups is 1. The highest BCUT2D eigenvalue weighted by molar-refractivity contribution is 5.40. The van der Waals surface area contributed by atoms with Crippen molar-refractivity contribution in [1.82, 2.24) is 0 Å². The van der Waals surface area contributed by atoms with Gasteiger partial charge >= 0.3 is 0 Å². The third-order valence-electron chi connectivity index (χ3n) is 3.15. The van der Waals surface area contributed by atoms with Crippen LogP contribution in [0.2, 0.25) is 0 Å². The van der Waals surface area contributed by atoms with E-state index in [0.29, 0.717) is 5.56 Å². The smallest absolute Gasteiger partial charge is 0.0991 e. The number of nitriles is 1. The number of hydrogen-bond donors (Lipinski definition) is 1. The van der Waals surface area contributed by atoms with Crippen LogP contribution < -0.4 is 0 Å². The molecule has 2 heteroatoms. The number of benzene rings is 1. The van der Waals surface area contributed by atoms with Gasteiger partial charge in [0.05, 0.1) is 17.7 Å². The van der Waals surface area contributed by atoms with E-state index in [2.05, 4.69) is 6.07 Å². The number of nitrogens with zero attached hydrogens (tertiary/aromatic N) is 1. The zero-order valence-corrected chi connectivity index (χ0v) is 8.20. The molecule has 2 nitrogen and oxygen atoms in total. The van der Waals surface area contributed by atoms with Crippen LogP contribution in [0, 0.1) is 11.3 Å². The van der Waals surface area contributed by atoms with Crippen LogP contribution in [0.25, 0.3) is 0 Å². The quantitative estimate of drug-likeness (QED) is 0.769. The van der Waals surface area contributed by atoms with Crippen molar-refractivity contribution in [2.75, 3.05) is 0 Å². The van der Waals surface area contributed by atoms with Crippen LogP contribution in [0.4, 0.5) is 0 Å². The molecule has 1 aliphatic carbocycles. The van der Waals surface area contributed by atoms with Crippen molar-refractivity contribution in [3.05, 3.63) is 35.4 Å². The van der Waals surface area contributed by atoms with Gasteiger partial charge < -0.3 is 5.11 Å². The van der Waals surface area contributed by atoms with E-state index in [-0.39, 0.29) is 11.5 Å². The molecule has 1 fully saturated rings. The van der Waals surface area contributed by atoms with Crippen molar-refractivity contribution in [2.24, 2.45) is 0 Å². The van der Waals surface area contributed by atoms with E-state index in [1.165, 1.54) is 0 Å². The molecule has 0 saturated heterocycles. The van der Waals surface area contributed by atoms with Gasteiger partial charge in [-0.1, -0.05) is 12.1 Å². The molecule has 0 bridgehead atoms. The van der Waals surface area contributed by atoms with Gasteiger partial charge in [0.2, 0.25) is 0 Å². The van der Waals surface area contributed by atoms with Crippen molar-refractivity contribution in [3.8, 4) is 6.07 Å². The predicted molar refractivity (Wildman–Crippen MR) is 53.7 cm³/mol. The van der Waals surface area contributed by atoms with E-state index in [1.54, 1.807) is 6.07 Å². The van der Waals surface area contributed by atoms with Gasteiger partial charge in [-0.05, 0) is 37.5 Å². The van der Waals surface area contributed by atoms with E-state index in [4.69, 9.17) is 5.26 Å². The Balaban J connectivity index is 2.38. The van der Waals surface area contributed by atoms with Gasteiger partial charge in [0.25, 0.3) is 0 Å². The standard InChI is InChI=1S/C12H13NO/c1-9(14)12(5-6-12)11-4-2-3-10(7-11)8-13/h2-4,7,9,14H,5-6H2,1H3. The van der Waals surface area contributed by atoms with Crippen molar-refractivity contribution in [3.63, 3.8) is 0 Å². The minimum absolute atomic E-state index is 0.0626. The molecule has 72 valence electrons. The van der Waals surface area contributed by atoms with Gasteiger partial charge in [-0.15, -0.1) is 0 Å². The number of aliphatic hydroxyl groups excluding tert-OH is 1. The Morgan fingerprint density at radius 2 is 2.21 bits per heavy atom. The second-order valence-electron chi connectivity index (χ2n) is 4.02. The first-order chi connectivity index (χ1) is 6.69. The number of rotatable bonds is 2. The summed E-state index contributed by atoms with van der Waals surface area (Å²) in [6, 6.07) is 9.69. The fraction of sp³-hybridized carbons (Fsp3) is 0.417. The van der Waals surface area contributed by atoms with Gasteiger partial charge in [-0.2, -0.15) is 5.26 Å². The van der Waals surface area contributed by atoms with Crippen LogP contribution >= 0.6 is 0 Å². The molecule has 0 amide bonds. The SMILES string of the molecule is CC(O)C1(c2cccc(C#N)c2)CC1. The fourth-order valence-corrected chi connectivity index (χ4v) is 1.98. The van der Waals surface area contributed by atoms with Crippen LogP contribution in [0.15, 0.2) is 24.3 Å². The zero-order valence-electron chi connectivity index (χ0n) is 8.20. The lowest BCUT2D eigenvalue weighted by molar-refractivity contribution is 0.150. The van der Waals surface area contributed by atoms with E-state index >= 15 is 0 Å². The first-order valence-corrected chi connectivity index (χ1v) is 4.88. The van der Waals surface area contributed by atoms with Crippen LogP contribution in [0.1, 0.15) is 30.9 Å². The van der Waals surface area contributed by atoms with Crippen molar-refractivity contribution < 1.29 is 5.11 Å². The van der Waals surface area contributed by atoms with E-state index < -0.39 is 0 Å². The van der Waals surface area contributed by atoms with E-state index in [0.717, 1.165) is 18.4 Å². The molecule has 0 aromatic heterocycles. The lowest BCUT2D eigenvalue weighted by Gasteiger charge is -2.18. The Labute approximate surface area is 83.8 Å². The summed E-state index contributed by atoms with van der Waals surface area (Å²) in [5, 5.41) is 18.5. The van der Waals surface area contributed by atoms with Crippen molar-refractivity contribution in [2.45, 2.75) is 31.3 Å². The van der Waals surface area contributed by atoms with Gasteiger partial charge in [0, 0.05) is 5.41 Å². The molecule has 14 heavy (non-hydrogen) atoms. The molecular weight excluding hydrogens is 174 g/mol. The Morgan fingerprint density at radius 1 is 1.50 bits per heavy atom. The zero-order chi connectivity index (χ0) is 10.2. The molecule has 1 atom stereocenters. The average molecular weight is 187 g/mol. The van der Waals surface area contributed by atoms with E-state index in [9.17, 15) is 5.11 Å². The Kier molecular flexibility index (Phi) is 2.05. The summed E-state index contributed by atoms with van der Waals surface area (Å²) < 4.78 is 0. The Hall–Kier alpha value is -1.33. The highest BCUT2D eigenvalue weighted by Gasteiger charge is 2.48. The second kappa shape index (κ2) is 3.11. The van der Waals surface area contributed by atoms with Crippen molar-refractivity contribution in [1.29, 1.82) is 5.26 Å². The summed E-state index contributed by atoms with van der Waals surface area (Å²) in [4.78, 5) is 0. The third-order valence-corrected chi connectivity index (χ3v) is 3.15. The summed E-state index contributed by atoms with van der Waals surface area (Å²) in [5.41, 5.74) is 1.72. The molecule has 2 rings (SSSR count). The molecule has 1 aromatic rings. The highest BCUT2D eigenvalue weighted by atomic mass is 16.3. The minimum Gasteiger partial charge on any atom is -0.392 e. The maximum atomic E-state index is 9.68. The largest absolute Gasteiger partial charge is 0.392 e. The molecule has 0 heterocycles. The molecule has 1 aliphatic rings. The molecule has 1 unspecified atom stereocenters. The average Bonchev–Trinajstić information content (AvgIpc) is 2.98. The maximum absolute atomic E-state index is 9.68. The first kappa shape index (κ1) is 9.23. The van der Waals surface area contributed by atoms with Gasteiger partial charge in [-0.3, -0.25) is 0 Å². The topological polar surface area (TPSA) is 44.0 Å². The van der Waals surface area contributed by atoms with E-state index in [1.807, 2.05) is 25.1 Å². The Bertz CT molecular complexity index is 386. The highest BCUT2D eigenvalue weighted by Crippen LogP contribution is 2.50. The van der Waals surface area contributed by atoms with Crippen LogP contribution in [0.3, 0.4) is 0 Å². The second-order valence-corrected chi connectivity index (χ2v) is 4.02. The number of hydrogen-bond acceptors (Lipinski definition) is 2. The molecule has 1 N–H and O–H groups in total. The monoisotopic (exact) mass is 187 g/mol. The lowest BCUT2D eigenvalue weighted by atomic mass is 9.90. The molecule has 0 spiro atoms. The third kappa shape index (κ3) is 1.30. The molecule has 1 saturated carbocycles. The minimum atomic E-state index is -0.323.